The number of aromatic nitrogens is 2. The van der Waals surface area contributed by atoms with Crippen LogP contribution in [0.25, 0.3) is 0 Å². The Morgan fingerprint density at radius 1 is 1.59 bits per heavy atom. The van der Waals surface area contributed by atoms with Gasteiger partial charge in [-0.15, -0.1) is 0 Å². The van der Waals surface area contributed by atoms with Crippen molar-refractivity contribution in [3.63, 3.8) is 0 Å². The van der Waals surface area contributed by atoms with Crippen molar-refractivity contribution in [3.8, 4) is 0 Å². The summed E-state index contributed by atoms with van der Waals surface area (Å²) in [5, 5.41) is 9.82. The maximum absolute atomic E-state index is 9.18. The van der Waals surface area contributed by atoms with E-state index in [1.807, 2.05) is 18.1 Å². The number of hydrogen-bond donors (Lipinski definition) is 2. The van der Waals surface area contributed by atoms with Gasteiger partial charge in [0.25, 0.3) is 0 Å². The monoisotopic (exact) mass is 255 g/mol. The van der Waals surface area contributed by atoms with Crippen molar-refractivity contribution in [1.82, 2.24) is 9.55 Å². The zero-order valence-electron chi connectivity index (χ0n) is 10.2. The average molecular weight is 255 g/mol. The normalized spacial score (nSPS) is 27.0. The largest absolute Gasteiger partial charge is 0.394 e. The number of thioether (sulfide) groups is 1. The summed E-state index contributed by atoms with van der Waals surface area (Å²) in [4.78, 5) is 4.20. The molecule has 3 N–H and O–H groups in total. The molecule has 0 saturated heterocycles. The van der Waals surface area contributed by atoms with Gasteiger partial charge in [0.15, 0.2) is 0 Å². The Labute approximate surface area is 107 Å². The molecule has 1 aromatic rings. The second kappa shape index (κ2) is 5.89. The topological polar surface area (TPSA) is 64.1 Å². The standard InChI is InChI=1S/C12H21N3OS/c1-17-12-5-3-2-4-10(12)15-8-14-6-11(15)9(13)7-16/h6,8-10,12,16H,2-5,7,13H2,1H3. The lowest BCUT2D eigenvalue weighted by Gasteiger charge is -2.33. The van der Waals surface area contributed by atoms with Gasteiger partial charge in [0.1, 0.15) is 0 Å². The summed E-state index contributed by atoms with van der Waals surface area (Å²) in [7, 11) is 0. The number of aliphatic hydroxyl groups is 1. The van der Waals surface area contributed by atoms with Gasteiger partial charge in [-0.05, 0) is 19.1 Å². The minimum atomic E-state index is -0.318. The molecule has 4 nitrogen and oxygen atoms in total. The highest BCUT2D eigenvalue weighted by molar-refractivity contribution is 7.99. The number of hydrogen-bond acceptors (Lipinski definition) is 4. The SMILES string of the molecule is CSC1CCCCC1n1cncc1C(N)CO. The summed E-state index contributed by atoms with van der Waals surface area (Å²) in [6, 6.07) is 0.163. The number of rotatable bonds is 4. The Bertz CT molecular complexity index is 355. The molecule has 1 heterocycles. The van der Waals surface area contributed by atoms with Crippen molar-refractivity contribution in [1.29, 1.82) is 0 Å². The maximum Gasteiger partial charge on any atom is 0.0951 e. The van der Waals surface area contributed by atoms with Crippen LogP contribution in [0.5, 0.6) is 0 Å². The van der Waals surface area contributed by atoms with E-state index in [9.17, 15) is 5.11 Å². The smallest absolute Gasteiger partial charge is 0.0951 e. The first kappa shape index (κ1) is 12.9. The first-order valence-electron chi connectivity index (χ1n) is 6.19. The highest BCUT2D eigenvalue weighted by atomic mass is 32.2. The number of imidazole rings is 1. The second-order valence-electron chi connectivity index (χ2n) is 4.64. The summed E-state index contributed by atoms with van der Waals surface area (Å²) in [5.41, 5.74) is 6.87. The third-order valence-electron chi connectivity index (χ3n) is 3.60. The molecule has 3 atom stereocenters. The Morgan fingerprint density at radius 3 is 3.06 bits per heavy atom. The molecule has 0 aliphatic heterocycles. The van der Waals surface area contributed by atoms with Gasteiger partial charge in [-0.2, -0.15) is 11.8 Å². The number of nitrogens with two attached hydrogens (primary N) is 1. The molecule has 5 heteroatoms. The summed E-state index contributed by atoms with van der Waals surface area (Å²) in [6.07, 6.45) is 10.9. The van der Waals surface area contributed by atoms with E-state index in [1.54, 1.807) is 6.20 Å². The Balaban J connectivity index is 2.22. The van der Waals surface area contributed by atoms with Gasteiger partial charge in [-0.1, -0.05) is 12.8 Å². The molecular formula is C12H21N3OS. The fourth-order valence-corrected chi connectivity index (χ4v) is 3.63. The van der Waals surface area contributed by atoms with Crippen LogP contribution in [-0.4, -0.2) is 32.8 Å². The first-order chi connectivity index (χ1) is 8.27. The molecule has 1 aromatic heterocycles. The van der Waals surface area contributed by atoms with E-state index in [-0.39, 0.29) is 12.6 Å². The molecule has 1 fully saturated rings. The van der Waals surface area contributed by atoms with Gasteiger partial charge in [-0.25, -0.2) is 4.98 Å². The van der Waals surface area contributed by atoms with Crippen LogP contribution in [0.2, 0.25) is 0 Å². The molecule has 0 spiro atoms. The lowest BCUT2D eigenvalue weighted by Crippen LogP contribution is -2.28. The Hall–Kier alpha value is -0.520. The van der Waals surface area contributed by atoms with Gasteiger partial charge < -0.3 is 15.4 Å². The van der Waals surface area contributed by atoms with E-state index in [2.05, 4.69) is 15.8 Å². The first-order valence-corrected chi connectivity index (χ1v) is 7.47. The zero-order valence-corrected chi connectivity index (χ0v) is 11.1. The lowest BCUT2D eigenvalue weighted by molar-refractivity contribution is 0.257. The van der Waals surface area contributed by atoms with Gasteiger partial charge in [-0.3, -0.25) is 0 Å². The molecule has 0 amide bonds. The third kappa shape index (κ3) is 2.67. The van der Waals surface area contributed by atoms with Crippen molar-refractivity contribution >= 4 is 11.8 Å². The van der Waals surface area contributed by atoms with Gasteiger partial charge in [0.05, 0.1) is 24.7 Å². The fourth-order valence-electron chi connectivity index (χ4n) is 2.64. The molecule has 96 valence electrons. The quantitative estimate of drug-likeness (QED) is 0.860. The van der Waals surface area contributed by atoms with E-state index in [0.29, 0.717) is 11.3 Å². The summed E-state index contributed by atoms with van der Waals surface area (Å²) < 4.78 is 2.18. The van der Waals surface area contributed by atoms with Gasteiger partial charge >= 0.3 is 0 Å². The zero-order chi connectivity index (χ0) is 12.3. The van der Waals surface area contributed by atoms with Crippen molar-refractivity contribution in [2.45, 2.75) is 43.0 Å². The maximum atomic E-state index is 9.18. The predicted molar refractivity (Wildman–Crippen MR) is 71.0 cm³/mol. The summed E-state index contributed by atoms with van der Waals surface area (Å²) in [5.74, 6) is 0. The Morgan fingerprint density at radius 2 is 2.35 bits per heavy atom. The number of nitrogens with zero attached hydrogens (tertiary/aromatic N) is 2. The fraction of sp³-hybridized carbons (Fsp3) is 0.750. The minimum absolute atomic E-state index is 0.0254. The molecule has 0 aromatic carbocycles. The van der Waals surface area contributed by atoms with Gasteiger partial charge in [0, 0.05) is 17.5 Å². The molecule has 1 aliphatic rings. The van der Waals surface area contributed by atoms with Crippen LogP contribution in [0.4, 0.5) is 0 Å². The van der Waals surface area contributed by atoms with E-state index < -0.39 is 0 Å². The third-order valence-corrected chi connectivity index (χ3v) is 4.76. The molecule has 0 radical (unpaired) electrons. The molecular weight excluding hydrogens is 234 g/mol. The highest BCUT2D eigenvalue weighted by Gasteiger charge is 2.27. The van der Waals surface area contributed by atoms with Crippen LogP contribution in [0.15, 0.2) is 12.5 Å². The van der Waals surface area contributed by atoms with E-state index in [4.69, 9.17) is 5.73 Å². The van der Waals surface area contributed by atoms with Crippen LogP contribution < -0.4 is 5.73 Å². The molecule has 0 bridgehead atoms. The van der Waals surface area contributed by atoms with Gasteiger partial charge in [0.2, 0.25) is 0 Å². The van der Waals surface area contributed by atoms with Crippen LogP contribution in [0.1, 0.15) is 43.5 Å². The average Bonchev–Trinajstić information content (AvgIpc) is 2.86. The molecule has 3 unspecified atom stereocenters. The van der Waals surface area contributed by atoms with Crippen LogP contribution in [0, 0.1) is 0 Å². The minimum Gasteiger partial charge on any atom is -0.394 e. The molecule has 1 saturated carbocycles. The summed E-state index contributed by atoms with van der Waals surface area (Å²) >= 11 is 1.93. The lowest BCUT2D eigenvalue weighted by atomic mass is 9.94. The van der Waals surface area contributed by atoms with E-state index in [1.165, 1.54) is 25.7 Å². The van der Waals surface area contributed by atoms with E-state index >= 15 is 0 Å². The Kier molecular flexibility index (Phi) is 4.48. The second-order valence-corrected chi connectivity index (χ2v) is 5.72. The molecule has 2 rings (SSSR count). The highest BCUT2D eigenvalue weighted by Crippen LogP contribution is 2.36. The number of aliphatic hydroxyl groups excluding tert-OH is 1. The van der Waals surface area contributed by atoms with E-state index in [0.717, 1.165) is 5.69 Å². The van der Waals surface area contributed by atoms with Crippen LogP contribution in [-0.2, 0) is 0 Å². The van der Waals surface area contributed by atoms with Crippen LogP contribution in [0.3, 0.4) is 0 Å². The van der Waals surface area contributed by atoms with Crippen molar-refractivity contribution in [3.05, 3.63) is 18.2 Å². The van der Waals surface area contributed by atoms with Crippen molar-refractivity contribution < 1.29 is 5.11 Å². The summed E-state index contributed by atoms with van der Waals surface area (Å²) in [6.45, 7) is -0.0254. The molecule has 1 aliphatic carbocycles. The molecule has 17 heavy (non-hydrogen) atoms. The predicted octanol–water partition coefficient (Wildman–Crippen LogP) is 1.72. The van der Waals surface area contributed by atoms with Crippen LogP contribution >= 0.6 is 11.8 Å². The van der Waals surface area contributed by atoms with Crippen molar-refractivity contribution in [2.75, 3.05) is 12.9 Å². The van der Waals surface area contributed by atoms with Crippen molar-refractivity contribution in [2.24, 2.45) is 5.73 Å².